The van der Waals surface area contributed by atoms with Crippen molar-refractivity contribution in [3.05, 3.63) is 23.8 Å². The Morgan fingerprint density at radius 1 is 0.964 bits per heavy atom. The smallest absolute Gasteiger partial charge is 0.239 e. The lowest BCUT2D eigenvalue weighted by Crippen LogP contribution is -2.43. The van der Waals surface area contributed by atoms with E-state index in [1.54, 1.807) is 0 Å². The molecule has 1 fully saturated rings. The van der Waals surface area contributed by atoms with E-state index in [9.17, 15) is 9.59 Å². The van der Waals surface area contributed by atoms with Gasteiger partial charge in [-0.05, 0) is 30.5 Å². The van der Waals surface area contributed by atoms with Crippen molar-refractivity contribution in [2.75, 3.05) is 59.2 Å². The number of aryl methyl sites for hydroxylation is 1. The SMILES string of the molecule is O=C(CCCc1ccc2c(c1)OCCO2)NCC(=O)NCCN1CCOCC1. The molecule has 2 amide bonds. The average Bonchev–Trinajstić information content (AvgIpc) is 2.73. The molecule has 0 spiro atoms. The molecular weight excluding hydrogens is 362 g/mol. The number of carbonyl (C=O) groups is 2. The highest BCUT2D eigenvalue weighted by atomic mass is 16.6. The number of amides is 2. The van der Waals surface area contributed by atoms with Crippen molar-refractivity contribution in [1.29, 1.82) is 0 Å². The molecule has 0 unspecified atom stereocenters. The first-order valence-electron chi connectivity index (χ1n) is 9.93. The Morgan fingerprint density at radius 3 is 2.57 bits per heavy atom. The van der Waals surface area contributed by atoms with Gasteiger partial charge in [0.05, 0.1) is 19.8 Å². The molecule has 0 aromatic heterocycles. The molecule has 0 saturated carbocycles. The van der Waals surface area contributed by atoms with E-state index in [0.717, 1.165) is 56.3 Å². The number of morpholine rings is 1. The first-order valence-corrected chi connectivity index (χ1v) is 9.93. The van der Waals surface area contributed by atoms with Crippen molar-refractivity contribution in [3.63, 3.8) is 0 Å². The van der Waals surface area contributed by atoms with Crippen molar-refractivity contribution in [2.24, 2.45) is 0 Å². The van der Waals surface area contributed by atoms with E-state index in [4.69, 9.17) is 14.2 Å². The zero-order valence-electron chi connectivity index (χ0n) is 16.2. The van der Waals surface area contributed by atoms with Crippen molar-refractivity contribution < 1.29 is 23.8 Å². The lowest BCUT2D eigenvalue weighted by atomic mass is 10.1. The predicted octanol–water partition coefficient (Wildman–Crippen LogP) is 0.345. The van der Waals surface area contributed by atoms with Crippen molar-refractivity contribution in [1.82, 2.24) is 15.5 Å². The zero-order chi connectivity index (χ0) is 19.6. The van der Waals surface area contributed by atoms with Gasteiger partial charge in [-0.3, -0.25) is 14.5 Å². The number of ether oxygens (including phenoxy) is 3. The predicted molar refractivity (Wildman–Crippen MR) is 104 cm³/mol. The van der Waals surface area contributed by atoms with Crippen LogP contribution in [0.5, 0.6) is 11.5 Å². The molecule has 1 aromatic rings. The number of hydrogen-bond donors (Lipinski definition) is 2. The Hall–Kier alpha value is -2.32. The fourth-order valence-corrected chi connectivity index (χ4v) is 3.20. The maximum absolute atomic E-state index is 11.9. The van der Waals surface area contributed by atoms with Gasteiger partial charge in [0, 0.05) is 32.6 Å². The molecule has 154 valence electrons. The second kappa shape index (κ2) is 10.9. The van der Waals surface area contributed by atoms with Crippen molar-refractivity contribution in [3.8, 4) is 11.5 Å². The van der Waals surface area contributed by atoms with Gasteiger partial charge < -0.3 is 24.8 Å². The van der Waals surface area contributed by atoms with E-state index in [2.05, 4.69) is 15.5 Å². The van der Waals surface area contributed by atoms with Gasteiger partial charge in [0.15, 0.2) is 11.5 Å². The van der Waals surface area contributed by atoms with Gasteiger partial charge in [-0.1, -0.05) is 6.07 Å². The fourth-order valence-electron chi connectivity index (χ4n) is 3.20. The van der Waals surface area contributed by atoms with Gasteiger partial charge in [0.25, 0.3) is 0 Å². The van der Waals surface area contributed by atoms with E-state index in [-0.39, 0.29) is 18.4 Å². The van der Waals surface area contributed by atoms with Crippen LogP contribution in [0.1, 0.15) is 18.4 Å². The lowest BCUT2D eigenvalue weighted by molar-refractivity contribution is -0.126. The summed E-state index contributed by atoms with van der Waals surface area (Å²) < 4.78 is 16.4. The average molecular weight is 391 g/mol. The summed E-state index contributed by atoms with van der Waals surface area (Å²) in [5, 5.41) is 5.51. The molecule has 0 atom stereocenters. The first-order chi connectivity index (χ1) is 13.7. The number of carbonyl (C=O) groups excluding carboxylic acids is 2. The normalized spacial score (nSPS) is 16.4. The molecule has 28 heavy (non-hydrogen) atoms. The van der Waals surface area contributed by atoms with Gasteiger partial charge in [-0.2, -0.15) is 0 Å². The van der Waals surface area contributed by atoms with E-state index >= 15 is 0 Å². The maximum Gasteiger partial charge on any atom is 0.239 e. The largest absolute Gasteiger partial charge is 0.486 e. The first kappa shape index (κ1) is 20.4. The van der Waals surface area contributed by atoms with Crippen LogP contribution in [0.2, 0.25) is 0 Å². The Balaban J connectivity index is 1.25. The molecule has 1 saturated heterocycles. The fraction of sp³-hybridized carbons (Fsp3) is 0.600. The third-order valence-electron chi connectivity index (χ3n) is 4.78. The van der Waals surface area contributed by atoms with Crippen LogP contribution in [0.4, 0.5) is 0 Å². The van der Waals surface area contributed by atoms with E-state index < -0.39 is 0 Å². The number of fused-ring (bicyclic) bond motifs is 1. The molecule has 3 rings (SSSR count). The summed E-state index contributed by atoms with van der Waals surface area (Å²) in [5.41, 5.74) is 1.11. The molecule has 1 aromatic carbocycles. The number of nitrogens with one attached hydrogen (secondary N) is 2. The van der Waals surface area contributed by atoms with E-state index in [1.165, 1.54) is 0 Å². The summed E-state index contributed by atoms with van der Waals surface area (Å²) in [7, 11) is 0. The standard InChI is InChI=1S/C20H29N3O5/c24-19(22-15-20(25)21-6-7-23-8-10-26-11-9-23)3-1-2-16-4-5-17-18(14-16)28-13-12-27-17/h4-5,14H,1-3,6-13,15H2,(H,21,25)(H,22,24). The van der Waals surface area contributed by atoms with E-state index in [0.29, 0.717) is 32.6 Å². The van der Waals surface area contributed by atoms with Gasteiger partial charge in [0.1, 0.15) is 13.2 Å². The molecule has 2 N–H and O–H groups in total. The van der Waals surface area contributed by atoms with E-state index in [1.807, 2.05) is 18.2 Å². The Bertz CT molecular complexity index is 661. The molecule has 0 bridgehead atoms. The molecule has 8 heteroatoms. The Labute approximate surface area is 165 Å². The van der Waals surface area contributed by atoms with Crippen LogP contribution < -0.4 is 20.1 Å². The molecule has 0 radical (unpaired) electrons. The molecule has 2 aliphatic rings. The minimum atomic E-state index is -0.159. The monoisotopic (exact) mass is 391 g/mol. The van der Waals surface area contributed by atoms with Gasteiger partial charge in [-0.25, -0.2) is 0 Å². The number of benzene rings is 1. The van der Waals surface area contributed by atoms with Crippen LogP contribution >= 0.6 is 0 Å². The molecule has 0 aliphatic carbocycles. The van der Waals surface area contributed by atoms with Crippen LogP contribution in [-0.4, -0.2) is 75.9 Å². The summed E-state index contributed by atoms with van der Waals surface area (Å²) >= 11 is 0. The molecule has 2 heterocycles. The molecular formula is C20H29N3O5. The third-order valence-corrected chi connectivity index (χ3v) is 4.78. The molecule has 8 nitrogen and oxygen atoms in total. The summed E-state index contributed by atoms with van der Waals surface area (Å²) in [6.07, 6.45) is 1.87. The summed E-state index contributed by atoms with van der Waals surface area (Å²) in [6.45, 7) is 5.84. The maximum atomic E-state index is 11.9. The summed E-state index contributed by atoms with van der Waals surface area (Å²) in [4.78, 5) is 26.0. The van der Waals surface area contributed by atoms with Gasteiger partial charge in [-0.15, -0.1) is 0 Å². The lowest BCUT2D eigenvalue weighted by Gasteiger charge is -2.26. The second-order valence-corrected chi connectivity index (χ2v) is 6.91. The van der Waals surface area contributed by atoms with Crippen LogP contribution in [0, 0.1) is 0 Å². The quantitative estimate of drug-likeness (QED) is 0.631. The number of rotatable bonds is 9. The second-order valence-electron chi connectivity index (χ2n) is 6.91. The van der Waals surface area contributed by atoms with Crippen LogP contribution in [-0.2, 0) is 20.7 Å². The number of nitrogens with zero attached hydrogens (tertiary/aromatic N) is 1. The minimum Gasteiger partial charge on any atom is -0.486 e. The highest BCUT2D eigenvalue weighted by Gasteiger charge is 2.13. The van der Waals surface area contributed by atoms with Crippen molar-refractivity contribution >= 4 is 11.8 Å². The zero-order valence-corrected chi connectivity index (χ0v) is 16.2. The van der Waals surface area contributed by atoms with Crippen LogP contribution in [0.15, 0.2) is 18.2 Å². The van der Waals surface area contributed by atoms with Crippen molar-refractivity contribution in [2.45, 2.75) is 19.3 Å². The molecule has 2 aliphatic heterocycles. The Kier molecular flexibility index (Phi) is 7.93. The highest BCUT2D eigenvalue weighted by Crippen LogP contribution is 2.31. The highest BCUT2D eigenvalue weighted by molar-refractivity contribution is 5.84. The van der Waals surface area contributed by atoms with Crippen LogP contribution in [0.3, 0.4) is 0 Å². The summed E-state index contributed by atoms with van der Waals surface area (Å²) in [6, 6.07) is 5.87. The Morgan fingerprint density at radius 2 is 1.75 bits per heavy atom. The summed E-state index contributed by atoms with van der Waals surface area (Å²) in [5.74, 6) is 1.27. The van der Waals surface area contributed by atoms with Gasteiger partial charge in [0.2, 0.25) is 11.8 Å². The number of hydrogen-bond acceptors (Lipinski definition) is 6. The van der Waals surface area contributed by atoms with Crippen LogP contribution in [0.25, 0.3) is 0 Å². The minimum absolute atomic E-state index is 0.0198. The third kappa shape index (κ3) is 6.69. The van der Waals surface area contributed by atoms with Gasteiger partial charge >= 0.3 is 0 Å². The topological polar surface area (TPSA) is 89.1 Å².